The average Bonchev–Trinajstić information content (AvgIpc) is 2.54. The lowest BCUT2D eigenvalue weighted by Gasteiger charge is -2.16. The number of hydrogen-bond donors (Lipinski definition) is 3. The highest BCUT2D eigenvalue weighted by Gasteiger charge is 2.33. The molecule has 1 aromatic heterocycles. The van der Waals surface area contributed by atoms with Crippen LogP contribution >= 0.6 is 0 Å². The summed E-state index contributed by atoms with van der Waals surface area (Å²) in [5, 5.41) is 13.0. The summed E-state index contributed by atoms with van der Waals surface area (Å²) in [5.74, 6) is 0. The number of benzene rings is 1. The molecule has 1 aromatic carbocycles. The second-order valence-corrected chi connectivity index (χ2v) is 5.54. The fourth-order valence-corrected chi connectivity index (χ4v) is 2.22. The smallest absolute Gasteiger partial charge is 0.387 e. The molecule has 7 heteroatoms. The third kappa shape index (κ3) is 4.77. The maximum absolute atomic E-state index is 13.1. The molecule has 2 aromatic rings. The number of aryl methyl sites for hydroxylation is 1. The molecule has 4 N–H and O–H groups in total. The van der Waals surface area contributed by atoms with Crippen LogP contribution in [0.3, 0.4) is 0 Å². The number of pyridine rings is 1. The first kappa shape index (κ1) is 18.4. The van der Waals surface area contributed by atoms with Gasteiger partial charge in [-0.3, -0.25) is 0 Å². The number of hydrogen-bond acceptors (Lipinski definition) is 4. The van der Waals surface area contributed by atoms with Crippen LogP contribution < -0.4 is 11.1 Å². The topological polar surface area (TPSA) is 71.2 Å². The number of aliphatic hydroxyl groups is 1. The predicted octanol–water partition coefficient (Wildman–Crippen LogP) is 2.66. The van der Waals surface area contributed by atoms with Gasteiger partial charge >= 0.3 is 6.18 Å². The van der Waals surface area contributed by atoms with Crippen molar-refractivity contribution in [2.45, 2.75) is 19.2 Å². The molecule has 0 spiro atoms. The van der Waals surface area contributed by atoms with Gasteiger partial charge in [-0.1, -0.05) is 29.8 Å². The Labute approximate surface area is 138 Å². The Morgan fingerprint density at radius 2 is 1.88 bits per heavy atom. The Bertz CT molecular complexity index is 672. The van der Waals surface area contributed by atoms with Gasteiger partial charge in [0.05, 0.1) is 11.8 Å². The third-order valence-electron chi connectivity index (χ3n) is 3.53. The van der Waals surface area contributed by atoms with Crippen molar-refractivity contribution in [1.29, 1.82) is 0 Å². The molecule has 0 amide bonds. The van der Waals surface area contributed by atoms with E-state index in [1.54, 1.807) is 24.3 Å². The van der Waals surface area contributed by atoms with Crippen LogP contribution in [0.25, 0.3) is 11.3 Å². The summed E-state index contributed by atoms with van der Waals surface area (Å²) in [6.07, 6.45) is -5.66. The highest BCUT2D eigenvalue weighted by Crippen LogP contribution is 2.32. The van der Waals surface area contributed by atoms with E-state index in [9.17, 15) is 18.3 Å². The Morgan fingerprint density at radius 3 is 2.46 bits per heavy atom. The SMILES string of the molecule is Cc1ccc(-c2cc([C@@H](O)CNCCN)cc(C(F)(F)F)n2)cc1. The molecule has 4 nitrogen and oxygen atoms in total. The van der Waals surface area contributed by atoms with E-state index >= 15 is 0 Å². The molecule has 0 saturated carbocycles. The van der Waals surface area contributed by atoms with Crippen molar-refractivity contribution in [3.8, 4) is 11.3 Å². The highest BCUT2D eigenvalue weighted by atomic mass is 19.4. The van der Waals surface area contributed by atoms with Crippen molar-refractivity contribution in [2.75, 3.05) is 19.6 Å². The van der Waals surface area contributed by atoms with Crippen LogP contribution in [0.4, 0.5) is 13.2 Å². The van der Waals surface area contributed by atoms with Crippen LogP contribution in [0, 0.1) is 6.92 Å². The largest absolute Gasteiger partial charge is 0.433 e. The van der Waals surface area contributed by atoms with E-state index in [0.29, 0.717) is 18.7 Å². The number of halogens is 3. The van der Waals surface area contributed by atoms with Crippen LogP contribution in [-0.2, 0) is 6.18 Å². The number of nitrogens with one attached hydrogen (secondary N) is 1. The van der Waals surface area contributed by atoms with Crippen LogP contribution in [0.15, 0.2) is 36.4 Å². The Balaban J connectivity index is 2.40. The van der Waals surface area contributed by atoms with Crippen LogP contribution in [-0.4, -0.2) is 29.7 Å². The molecule has 0 fully saturated rings. The van der Waals surface area contributed by atoms with Gasteiger partial charge in [0, 0.05) is 25.2 Å². The first-order valence-corrected chi connectivity index (χ1v) is 7.56. The second-order valence-electron chi connectivity index (χ2n) is 5.54. The normalized spacial score (nSPS) is 13.1. The van der Waals surface area contributed by atoms with E-state index in [0.717, 1.165) is 11.6 Å². The molecule has 1 atom stereocenters. The van der Waals surface area contributed by atoms with Crippen LogP contribution in [0.5, 0.6) is 0 Å². The van der Waals surface area contributed by atoms with Crippen molar-refractivity contribution >= 4 is 0 Å². The molecule has 2 rings (SSSR count). The van der Waals surface area contributed by atoms with Crippen molar-refractivity contribution in [1.82, 2.24) is 10.3 Å². The number of nitrogens with zero attached hydrogens (tertiary/aromatic N) is 1. The van der Waals surface area contributed by atoms with Gasteiger partial charge in [0.2, 0.25) is 0 Å². The first-order chi connectivity index (χ1) is 11.3. The van der Waals surface area contributed by atoms with Gasteiger partial charge < -0.3 is 16.2 Å². The Hall–Kier alpha value is -1.96. The Kier molecular flexibility index (Phi) is 5.93. The Morgan fingerprint density at radius 1 is 1.21 bits per heavy atom. The van der Waals surface area contributed by atoms with Crippen molar-refractivity contribution in [3.63, 3.8) is 0 Å². The molecule has 130 valence electrons. The molecule has 0 aliphatic carbocycles. The van der Waals surface area contributed by atoms with E-state index in [4.69, 9.17) is 5.73 Å². The van der Waals surface area contributed by atoms with E-state index in [2.05, 4.69) is 10.3 Å². The molecular formula is C17H20F3N3O. The van der Waals surface area contributed by atoms with Gasteiger partial charge in [0.15, 0.2) is 0 Å². The molecule has 1 heterocycles. The number of rotatable bonds is 6. The standard InChI is InChI=1S/C17H20F3N3O/c1-11-2-4-12(5-3-11)14-8-13(15(24)10-22-7-6-21)9-16(23-14)17(18,19)20/h2-5,8-9,15,22,24H,6-7,10,21H2,1H3/t15-/m0/s1. The maximum atomic E-state index is 13.1. The minimum Gasteiger partial charge on any atom is -0.387 e. The van der Waals surface area contributed by atoms with E-state index in [-0.39, 0.29) is 17.8 Å². The maximum Gasteiger partial charge on any atom is 0.433 e. The van der Waals surface area contributed by atoms with E-state index in [1.807, 2.05) is 6.92 Å². The number of alkyl halides is 3. The van der Waals surface area contributed by atoms with Crippen molar-refractivity contribution in [3.05, 3.63) is 53.2 Å². The zero-order chi connectivity index (χ0) is 17.7. The van der Waals surface area contributed by atoms with Gasteiger partial charge in [-0.2, -0.15) is 13.2 Å². The van der Waals surface area contributed by atoms with Crippen molar-refractivity contribution in [2.24, 2.45) is 5.73 Å². The summed E-state index contributed by atoms with van der Waals surface area (Å²) >= 11 is 0. The number of aromatic nitrogens is 1. The lowest BCUT2D eigenvalue weighted by atomic mass is 10.0. The summed E-state index contributed by atoms with van der Waals surface area (Å²) in [6.45, 7) is 2.86. The second kappa shape index (κ2) is 7.74. The zero-order valence-electron chi connectivity index (χ0n) is 13.3. The van der Waals surface area contributed by atoms with Gasteiger partial charge in [-0.05, 0) is 24.6 Å². The molecule has 0 bridgehead atoms. The first-order valence-electron chi connectivity index (χ1n) is 7.56. The molecule has 24 heavy (non-hydrogen) atoms. The van der Waals surface area contributed by atoms with Gasteiger partial charge in [-0.25, -0.2) is 4.98 Å². The van der Waals surface area contributed by atoms with E-state index < -0.39 is 18.0 Å². The minimum atomic E-state index is -4.58. The summed E-state index contributed by atoms with van der Waals surface area (Å²) in [7, 11) is 0. The van der Waals surface area contributed by atoms with E-state index in [1.165, 1.54) is 6.07 Å². The lowest BCUT2D eigenvalue weighted by Crippen LogP contribution is -2.27. The lowest BCUT2D eigenvalue weighted by molar-refractivity contribution is -0.141. The number of nitrogens with two attached hydrogens (primary N) is 1. The zero-order valence-corrected chi connectivity index (χ0v) is 13.3. The van der Waals surface area contributed by atoms with Gasteiger partial charge in [0.1, 0.15) is 5.69 Å². The molecule has 0 unspecified atom stereocenters. The monoisotopic (exact) mass is 339 g/mol. The summed E-state index contributed by atoms with van der Waals surface area (Å²) in [5.41, 5.74) is 6.23. The molecule has 0 aliphatic rings. The highest BCUT2D eigenvalue weighted by molar-refractivity contribution is 5.61. The summed E-state index contributed by atoms with van der Waals surface area (Å²) in [4.78, 5) is 3.71. The quantitative estimate of drug-likeness (QED) is 0.708. The number of aliphatic hydroxyl groups excluding tert-OH is 1. The average molecular weight is 339 g/mol. The molecule has 0 aliphatic heterocycles. The molecule has 0 saturated heterocycles. The van der Waals surface area contributed by atoms with Gasteiger partial charge in [-0.15, -0.1) is 0 Å². The third-order valence-corrected chi connectivity index (χ3v) is 3.53. The summed E-state index contributed by atoms with van der Waals surface area (Å²) < 4.78 is 39.4. The van der Waals surface area contributed by atoms with Gasteiger partial charge in [0.25, 0.3) is 0 Å². The van der Waals surface area contributed by atoms with Crippen LogP contribution in [0.2, 0.25) is 0 Å². The fraction of sp³-hybridized carbons (Fsp3) is 0.353. The molecule has 0 radical (unpaired) electrons. The van der Waals surface area contributed by atoms with Crippen LogP contribution in [0.1, 0.15) is 22.9 Å². The fourth-order valence-electron chi connectivity index (χ4n) is 2.22. The predicted molar refractivity (Wildman–Crippen MR) is 86.3 cm³/mol. The van der Waals surface area contributed by atoms with Crippen molar-refractivity contribution < 1.29 is 18.3 Å². The minimum absolute atomic E-state index is 0.117. The molecular weight excluding hydrogens is 319 g/mol. The summed E-state index contributed by atoms with van der Waals surface area (Å²) in [6, 6.07) is 9.38.